The summed E-state index contributed by atoms with van der Waals surface area (Å²) in [6.07, 6.45) is 8.19. The van der Waals surface area contributed by atoms with Crippen LogP contribution in [0.25, 0.3) is 28.0 Å². The van der Waals surface area contributed by atoms with Gasteiger partial charge in [-0.1, -0.05) is 23.7 Å². The molecule has 0 aliphatic heterocycles. The average Bonchev–Trinajstić information content (AvgIpc) is 3.58. The number of hydrogen-bond acceptors (Lipinski definition) is 5. The molecule has 0 radical (unpaired) electrons. The number of nitrogens with one attached hydrogen (secondary N) is 1. The fourth-order valence-corrected chi connectivity index (χ4v) is 5.67. The highest BCUT2D eigenvalue weighted by Crippen LogP contribution is 2.28. The molecule has 9 heteroatoms. The van der Waals surface area contributed by atoms with Crippen LogP contribution >= 0.6 is 11.6 Å². The summed E-state index contributed by atoms with van der Waals surface area (Å²) in [7, 11) is 0. The van der Waals surface area contributed by atoms with E-state index in [1.54, 1.807) is 30.0 Å². The topological polar surface area (TPSA) is 95.0 Å². The lowest BCUT2D eigenvalue weighted by molar-refractivity contribution is 0.0919. The third-order valence-electron chi connectivity index (χ3n) is 7.60. The Hall–Kier alpha value is -4.17. The Morgan fingerprint density at radius 3 is 2.51 bits per heavy atom. The molecule has 1 aliphatic carbocycles. The summed E-state index contributed by atoms with van der Waals surface area (Å²) in [4.78, 5) is 34.7. The molecule has 8 nitrogen and oxygen atoms in total. The fraction of sp³-hybridized carbons (Fsp3) is 0.267. The van der Waals surface area contributed by atoms with Crippen LogP contribution in [-0.2, 0) is 6.54 Å². The number of imidazole rings is 1. The zero-order valence-electron chi connectivity index (χ0n) is 21.5. The molecule has 0 saturated heterocycles. The summed E-state index contributed by atoms with van der Waals surface area (Å²) in [5.41, 5.74) is 4.62. The second-order valence-corrected chi connectivity index (χ2v) is 10.5. The van der Waals surface area contributed by atoms with Gasteiger partial charge in [0, 0.05) is 24.3 Å². The van der Waals surface area contributed by atoms with Crippen molar-refractivity contribution in [2.45, 2.75) is 45.2 Å². The Kier molecular flexibility index (Phi) is 6.79. The molecule has 198 valence electrons. The molecule has 3 aromatic heterocycles. The lowest BCUT2D eigenvalue weighted by Gasteiger charge is -2.29. The zero-order chi connectivity index (χ0) is 26.9. The number of carbonyl (C=O) groups is 1. The predicted octanol–water partition coefficient (Wildman–Crippen LogP) is 5.79. The minimum Gasteiger partial charge on any atom is -0.444 e. The third kappa shape index (κ3) is 5.00. The highest BCUT2D eigenvalue weighted by molar-refractivity contribution is 6.30. The van der Waals surface area contributed by atoms with Crippen molar-refractivity contribution in [1.29, 1.82) is 0 Å². The van der Waals surface area contributed by atoms with Crippen molar-refractivity contribution in [3.8, 4) is 17.0 Å². The van der Waals surface area contributed by atoms with Crippen LogP contribution in [-0.4, -0.2) is 31.1 Å². The van der Waals surface area contributed by atoms with E-state index in [0.29, 0.717) is 34.5 Å². The van der Waals surface area contributed by atoms with Gasteiger partial charge in [0.2, 0.25) is 0 Å². The second kappa shape index (κ2) is 10.5. The molecule has 0 bridgehead atoms. The maximum atomic E-state index is 13.7. The number of amides is 1. The van der Waals surface area contributed by atoms with Gasteiger partial charge in [-0.2, -0.15) is 0 Å². The van der Waals surface area contributed by atoms with E-state index in [1.807, 2.05) is 53.1 Å². The standard InChI is InChI=1S/C30H28ClN5O3/c1-19-25(14-22(31)15-33-19)29(37)34-23-10-6-20(7-11-23)17-35-26-4-2-3-5-27(26)36(30(35)38)24-12-8-21(9-13-24)28-16-32-18-39-28/h2-5,8-9,12-16,18,20,23H,6-7,10-11,17H2,1H3,(H,34,37). The van der Waals surface area contributed by atoms with E-state index in [4.69, 9.17) is 16.0 Å². The number of nitrogens with zero attached hydrogens (tertiary/aromatic N) is 4. The van der Waals surface area contributed by atoms with E-state index in [1.165, 1.54) is 6.39 Å². The van der Waals surface area contributed by atoms with E-state index in [-0.39, 0.29) is 17.6 Å². The Morgan fingerprint density at radius 1 is 1.05 bits per heavy atom. The number of oxazole rings is 1. The van der Waals surface area contributed by atoms with Crippen molar-refractivity contribution < 1.29 is 9.21 Å². The normalized spacial score (nSPS) is 17.4. The van der Waals surface area contributed by atoms with E-state index in [9.17, 15) is 9.59 Å². The molecule has 0 atom stereocenters. The number of rotatable bonds is 6. The van der Waals surface area contributed by atoms with Crippen LogP contribution in [0.2, 0.25) is 5.02 Å². The number of aryl methyl sites for hydroxylation is 1. The first-order valence-corrected chi connectivity index (χ1v) is 13.5. The second-order valence-electron chi connectivity index (χ2n) is 10.1. The first-order valence-electron chi connectivity index (χ1n) is 13.1. The molecule has 1 fully saturated rings. The number of aromatic nitrogens is 4. The summed E-state index contributed by atoms with van der Waals surface area (Å²) in [6, 6.07) is 17.4. The van der Waals surface area contributed by atoms with Gasteiger partial charge in [0.25, 0.3) is 5.91 Å². The lowest BCUT2D eigenvalue weighted by Crippen LogP contribution is -2.39. The van der Waals surface area contributed by atoms with Crippen LogP contribution in [0.3, 0.4) is 0 Å². The molecule has 1 aliphatic rings. The Morgan fingerprint density at radius 2 is 1.79 bits per heavy atom. The highest BCUT2D eigenvalue weighted by Gasteiger charge is 2.25. The molecule has 0 spiro atoms. The van der Waals surface area contributed by atoms with Gasteiger partial charge in [0.05, 0.1) is 39.2 Å². The molecular formula is C30H28ClN5O3. The number of hydrogen-bond donors (Lipinski definition) is 1. The van der Waals surface area contributed by atoms with Crippen molar-refractivity contribution in [1.82, 2.24) is 24.4 Å². The minimum absolute atomic E-state index is 0.0528. The summed E-state index contributed by atoms with van der Waals surface area (Å²) in [5.74, 6) is 0.889. The van der Waals surface area contributed by atoms with Gasteiger partial charge in [-0.3, -0.25) is 18.9 Å². The summed E-state index contributed by atoms with van der Waals surface area (Å²) in [5, 5.41) is 3.60. The van der Waals surface area contributed by atoms with Crippen LogP contribution in [0.4, 0.5) is 0 Å². The van der Waals surface area contributed by atoms with Crippen LogP contribution in [0.1, 0.15) is 41.7 Å². The maximum absolute atomic E-state index is 13.7. The fourth-order valence-electron chi connectivity index (χ4n) is 5.52. The van der Waals surface area contributed by atoms with E-state index < -0.39 is 0 Å². The predicted molar refractivity (Wildman–Crippen MR) is 150 cm³/mol. The molecular weight excluding hydrogens is 514 g/mol. The number of pyridine rings is 1. The van der Waals surface area contributed by atoms with E-state index in [0.717, 1.165) is 48.0 Å². The molecule has 1 saturated carbocycles. The van der Waals surface area contributed by atoms with Gasteiger partial charge < -0.3 is 9.73 Å². The first-order chi connectivity index (χ1) is 19.0. The number of halogens is 1. The van der Waals surface area contributed by atoms with Gasteiger partial charge >= 0.3 is 5.69 Å². The summed E-state index contributed by atoms with van der Waals surface area (Å²) >= 11 is 6.04. The van der Waals surface area contributed by atoms with Gasteiger partial charge in [-0.05, 0) is 81.0 Å². The molecule has 39 heavy (non-hydrogen) atoms. The molecule has 5 aromatic rings. The quantitative estimate of drug-likeness (QED) is 0.293. The minimum atomic E-state index is -0.139. The maximum Gasteiger partial charge on any atom is 0.333 e. The Labute approximate surface area is 230 Å². The smallest absolute Gasteiger partial charge is 0.333 e. The SMILES string of the molecule is Cc1ncc(Cl)cc1C(=O)NC1CCC(Cn2c(=O)n(-c3ccc(-c4cnco4)cc3)c3ccccc32)CC1. The largest absolute Gasteiger partial charge is 0.444 e. The number of para-hydroxylation sites is 2. The molecule has 1 amide bonds. The van der Waals surface area contributed by atoms with E-state index >= 15 is 0 Å². The van der Waals surface area contributed by atoms with Gasteiger partial charge in [0.15, 0.2) is 12.2 Å². The number of carbonyl (C=O) groups excluding carboxylic acids is 1. The van der Waals surface area contributed by atoms with Crippen molar-refractivity contribution in [2.75, 3.05) is 0 Å². The molecule has 3 heterocycles. The van der Waals surface area contributed by atoms with Crippen molar-refractivity contribution in [3.63, 3.8) is 0 Å². The zero-order valence-corrected chi connectivity index (χ0v) is 22.3. The van der Waals surface area contributed by atoms with Crippen molar-refractivity contribution >= 4 is 28.5 Å². The summed E-state index contributed by atoms with van der Waals surface area (Å²) < 4.78 is 9.06. The van der Waals surface area contributed by atoms with Crippen LogP contribution in [0.5, 0.6) is 0 Å². The van der Waals surface area contributed by atoms with Crippen LogP contribution < -0.4 is 11.0 Å². The first kappa shape index (κ1) is 25.1. The monoisotopic (exact) mass is 541 g/mol. The Balaban J connectivity index is 1.18. The van der Waals surface area contributed by atoms with Crippen LogP contribution in [0.15, 0.2) is 82.6 Å². The average molecular weight is 542 g/mol. The van der Waals surface area contributed by atoms with E-state index in [2.05, 4.69) is 15.3 Å². The summed E-state index contributed by atoms with van der Waals surface area (Å²) in [6.45, 7) is 2.45. The molecule has 2 aromatic carbocycles. The van der Waals surface area contributed by atoms with Gasteiger partial charge in [-0.25, -0.2) is 9.78 Å². The molecule has 0 unspecified atom stereocenters. The van der Waals surface area contributed by atoms with Gasteiger partial charge in [0.1, 0.15) is 0 Å². The Bertz CT molecular complexity index is 1680. The van der Waals surface area contributed by atoms with Crippen molar-refractivity contribution in [2.24, 2.45) is 5.92 Å². The molecule has 1 N–H and O–H groups in total. The van der Waals surface area contributed by atoms with Crippen molar-refractivity contribution in [3.05, 3.63) is 100 Å². The highest BCUT2D eigenvalue weighted by atomic mass is 35.5. The number of benzene rings is 2. The molecule has 6 rings (SSSR count). The van der Waals surface area contributed by atoms with Crippen LogP contribution in [0, 0.1) is 12.8 Å². The third-order valence-corrected chi connectivity index (χ3v) is 7.81. The number of fused-ring (bicyclic) bond motifs is 1. The lowest BCUT2D eigenvalue weighted by atomic mass is 9.85. The van der Waals surface area contributed by atoms with Gasteiger partial charge in [-0.15, -0.1) is 0 Å².